The average molecular weight is 200 g/mol. The lowest BCUT2D eigenvalue weighted by Crippen LogP contribution is -2.10. The van der Waals surface area contributed by atoms with Crippen LogP contribution in [0.4, 0.5) is 0 Å². The fourth-order valence-electron chi connectivity index (χ4n) is 2.26. The molecule has 0 radical (unpaired) electrons. The molecule has 1 aromatic rings. The Morgan fingerprint density at radius 3 is 2.53 bits per heavy atom. The SMILES string of the molecule is CCC1=C(c2ccccc2)CCCC1=O. The molecular formula is C14H16O. The van der Waals surface area contributed by atoms with E-state index in [1.54, 1.807) is 0 Å². The Balaban J connectivity index is 2.45. The molecule has 0 heterocycles. The van der Waals surface area contributed by atoms with Crippen LogP contribution in [0, 0.1) is 0 Å². The van der Waals surface area contributed by atoms with Crippen LogP contribution < -0.4 is 0 Å². The average Bonchev–Trinajstić information content (AvgIpc) is 2.30. The zero-order chi connectivity index (χ0) is 10.7. The number of benzene rings is 1. The van der Waals surface area contributed by atoms with Gasteiger partial charge in [0.1, 0.15) is 0 Å². The zero-order valence-corrected chi connectivity index (χ0v) is 9.12. The molecule has 0 N–H and O–H groups in total. The summed E-state index contributed by atoms with van der Waals surface area (Å²) in [6.45, 7) is 2.07. The molecule has 1 aromatic carbocycles. The first-order valence-electron chi connectivity index (χ1n) is 5.63. The van der Waals surface area contributed by atoms with E-state index in [9.17, 15) is 4.79 Å². The Morgan fingerprint density at radius 1 is 1.13 bits per heavy atom. The first-order valence-corrected chi connectivity index (χ1v) is 5.63. The Kier molecular flexibility index (Phi) is 3.00. The largest absolute Gasteiger partial charge is 0.295 e. The highest BCUT2D eigenvalue weighted by atomic mass is 16.1. The monoisotopic (exact) mass is 200 g/mol. The maximum Gasteiger partial charge on any atom is 0.159 e. The van der Waals surface area contributed by atoms with E-state index in [1.807, 2.05) is 18.2 Å². The molecule has 2 rings (SSSR count). The van der Waals surface area contributed by atoms with Gasteiger partial charge in [0.25, 0.3) is 0 Å². The zero-order valence-electron chi connectivity index (χ0n) is 9.12. The second kappa shape index (κ2) is 4.43. The van der Waals surface area contributed by atoms with Crippen molar-refractivity contribution in [2.24, 2.45) is 0 Å². The smallest absolute Gasteiger partial charge is 0.159 e. The van der Waals surface area contributed by atoms with Crippen LogP contribution >= 0.6 is 0 Å². The second-order valence-electron chi connectivity index (χ2n) is 3.95. The van der Waals surface area contributed by atoms with Gasteiger partial charge in [0, 0.05) is 6.42 Å². The van der Waals surface area contributed by atoms with Crippen LogP contribution in [0.2, 0.25) is 0 Å². The normalized spacial score (nSPS) is 17.0. The summed E-state index contributed by atoms with van der Waals surface area (Å²) in [6, 6.07) is 10.3. The first-order chi connectivity index (χ1) is 7.33. The molecule has 0 aliphatic heterocycles. The predicted octanol–water partition coefficient (Wildman–Crippen LogP) is 3.60. The fourth-order valence-corrected chi connectivity index (χ4v) is 2.26. The number of allylic oxidation sites excluding steroid dienone is 2. The van der Waals surface area contributed by atoms with Crippen LogP contribution in [0.3, 0.4) is 0 Å². The molecule has 1 aliphatic carbocycles. The van der Waals surface area contributed by atoms with Gasteiger partial charge in [0.15, 0.2) is 5.78 Å². The van der Waals surface area contributed by atoms with Gasteiger partial charge in [-0.15, -0.1) is 0 Å². The van der Waals surface area contributed by atoms with Crippen LogP contribution in [0.5, 0.6) is 0 Å². The van der Waals surface area contributed by atoms with Crippen LogP contribution in [0.1, 0.15) is 38.2 Å². The minimum atomic E-state index is 0.350. The number of ketones is 1. The van der Waals surface area contributed by atoms with Crippen molar-refractivity contribution < 1.29 is 4.79 Å². The predicted molar refractivity (Wildman–Crippen MR) is 62.5 cm³/mol. The van der Waals surface area contributed by atoms with Gasteiger partial charge in [0.05, 0.1) is 0 Å². The number of hydrogen-bond acceptors (Lipinski definition) is 1. The highest BCUT2D eigenvalue weighted by Gasteiger charge is 2.19. The van der Waals surface area contributed by atoms with Crippen molar-refractivity contribution in [1.29, 1.82) is 0 Å². The van der Waals surface area contributed by atoms with E-state index in [2.05, 4.69) is 19.1 Å². The van der Waals surface area contributed by atoms with Gasteiger partial charge in [-0.2, -0.15) is 0 Å². The van der Waals surface area contributed by atoms with Crippen molar-refractivity contribution in [3.8, 4) is 0 Å². The summed E-state index contributed by atoms with van der Waals surface area (Å²) in [6.07, 6.45) is 3.66. The summed E-state index contributed by atoms with van der Waals surface area (Å²) in [5.41, 5.74) is 3.55. The molecule has 0 bridgehead atoms. The highest BCUT2D eigenvalue weighted by molar-refractivity contribution is 6.03. The van der Waals surface area contributed by atoms with E-state index >= 15 is 0 Å². The van der Waals surface area contributed by atoms with Gasteiger partial charge in [-0.3, -0.25) is 4.79 Å². The molecule has 0 saturated heterocycles. The molecule has 0 atom stereocenters. The summed E-state index contributed by atoms with van der Waals surface area (Å²) < 4.78 is 0. The number of hydrogen-bond donors (Lipinski definition) is 0. The van der Waals surface area contributed by atoms with Gasteiger partial charge >= 0.3 is 0 Å². The van der Waals surface area contributed by atoms with Gasteiger partial charge in [0.2, 0.25) is 0 Å². The van der Waals surface area contributed by atoms with Crippen LogP contribution in [0.25, 0.3) is 5.57 Å². The first kappa shape index (κ1) is 10.2. The molecular weight excluding hydrogens is 184 g/mol. The Labute approximate surface area is 90.8 Å². The topological polar surface area (TPSA) is 17.1 Å². The third-order valence-corrected chi connectivity index (χ3v) is 3.01. The van der Waals surface area contributed by atoms with Crippen LogP contribution in [-0.2, 0) is 4.79 Å². The number of rotatable bonds is 2. The van der Waals surface area contributed by atoms with Gasteiger partial charge in [-0.25, -0.2) is 0 Å². The van der Waals surface area contributed by atoms with Crippen molar-refractivity contribution in [3.05, 3.63) is 41.5 Å². The molecule has 0 spiro atoms. The Bertz CT molecular complexity index is 387. The van der Waals surface area contributed by atoms with Crippen molar-refractivity contribution >= 4 is 11.4 Å². The number of Topliss-reactive ketones (excluding diaryl/α,β-unsaturated/α-hetero) is 1. The molecule has 1 aliphatic rings. The highest BCUT2D eigenvalue weighted by Crippen LogP contribution is 2.31. The van der Waals surface area contributed by atoms with Crippen molar-refractivity contribution in [1.82, 2.24) is 0 Å². The summed E-state index contributed by atoms with van der Waals surface area (Å²) >= 11 is 0. The van der Waals surface area contributed by atoms with E-state index in [0.717, 1.165) is 31.3 Å². The maximum absolute atomic E-state index is 11.8. The number of carbonyl (C=O) groups excluding carboxylic acids is 1. The van der Waals surface area contributed by atoms with Crippen LogP contribution in [-0.4, -0.2) is 5.78 Å². The minimum Gasteiger partial charge on any atom is -0.295 e. The lowest BCUT2D eigenvalue weighted by atomic mass is 9.85. The fraction of sp³-hybridized carbons (Fsp3) is 0.357. The van der Waals surface area contributed by atoms with Crippen LogP contribution in [0.15, 0.2) is 35.9 Å². The van der Waals surface area contributed by atoms with Crippen molar-refractivity contribution in [2.75, 3.05) is 0 Å². The molecule has 1 nitrogen and oxygen atoms in total. The lowest BCUT2D eigenvalue weighted by molar-refractivity contribution is -0.116. The summed E-state index contributed by atoms with van der Waals surface area (Å²) in [5.74, 6) is 0.350. The van der Waals surface area contributed by atoms with Gasteiger partial charge < -0.3 is 0 Å². The molecule has 0 fully saturated rings. The van der Waals surface area contributed by atoms with E-state index in [1.165, 1.54) is 11.1 Å². The maximum atomic E-state index is 11.8. The standard InChI is InChI=1S/C14H16O/c1-2-12-13(9-6-10-14(12)15)11-7-4-3-5-8-11/h3-5,7-8H,2,6,9-10H2,1H3. The molecule has 15 heavy (non-hydrogen) atoms. The summed E-state index contributed by atoms with van der Waals surface area (Å²) in [7, 11) is 0. The molecule has 78 valence electrons. The van der Waals surface area contributed by atoms with E-state index in [4.69, 9.17) is 0 Å². The van der Waals surface area contributed by atoms with E-state index in [0.29, 0.717) is 5.78 Å². The Morgan fingerprint density at radius 2 is 1.87 bits per heavy atom. The number of carbonyl (C=O) groups is 1. The lowest BCUT2D eigenvalue weighted by Gasteiger charge is -2.18. The minimum absolute atomic E-state index is 0.350. The molecule has 0 amide bonds. The third kappa shape index (κ3) is 2.01. The summed E-state index contributed by atoms with van der Waals surface area (Å²) in [5, 5.41) is 0. The molecule has 0 unspecified atom stereocenters. The van der Waals surface area contributed by atoms with Gasteiger partial charge in [-0.05, 0) is 36.0 Å². The van der Waals surface area contributed by atoms with E-state index < -0.39 is 0 Å². The van der Waals surface area contributed by atoms with Crippen molar-refractivity contribution in [2.45, 2.75) is 32.6 Å². The molecule has 0 saturated carbocycles. The third-order valence-electron chi connectivity index (χ3n) is 3.01. The quantitative estimate of drug-likeness (QED) is 0.712. The molecule has 1 heteroatoms. The Hall–Kier alpha value is -1.37. The van der Waals surface area contributed by atoms with Gasteiger partial charge in [-0.1, -0.05) is 37.3 Å². The summed E-state index contributed by atoms with van der Waals surface area (Å²) in [4.78, 5) is 11.8. The molecule has 0 aromatic heterocycles. The second-order valence-corrected chi connectivity index (χ2v) is 3.95. The van der Waals surface area contributed by atoms with E-state index in [-0.39, 0.29) is 0 Å². The van der Waals surface area contributed by atoms with Crippen molar-refractivity contribution in [3.63, 3.8) is 0 Å².